The van der Waals surface area contributed by atoms with E-state index < -0.39 is 21.8 Å². The first kappa shape index (κ1) is 23.6. The van der Waals surface area contributed by atoms with E-state index in [0.717, 1.165) is 19.3 Å². The lowest BCUT2D eigenvalue weighted by atomic mass is 10.0. The molecule has 1 heterocycles. The quantitative estimate of drug-likeness (QED) is 0.584. The molecule has 2 amide bonds. The molecule has 29 heavy (non-hydrogen) atoms. The fraction of sp³-hybridized carbons (Fsp3) is 0.579. The van der Waals surface area contributed by atoms with Crippen molar-refractivity contribution in [3.63, 3.8) is 0 Å². The average Bonchev–Trinajstić information content (AvgIpc) is 2.68. The Morgan fingerprint density at radius 3 is 2.34 bits per heavy atom. The van der Waals surface area contributed by atoms with E-state index in [1.807, 2.05) is 19.0 Å². The molecule has 1 aliphatic rings. The Kier molecular flexibility index (Phi) is 8.88. The molecule has 0 radical (unpaired) electrons. The third-order valence-electron chi connectivity index (χ3n) is 4.81. The topological polar surface area (TPSA) is 98.8 Å². The molecule has 2 N–H and O–H groups in total. The third kappa shape index (κ3) is 6.95. The van der Waals surface area contributed by atoms with Crippen molar-refractivity contribution in [2.75, 3.05) is 40.3 Å². The van der Waals surface area contributed by atoms with Crippen LogP contribution in [-0.2, 0) is 19.6 Å². The summed E-state index contributed by atoms with van der Waals surface area (Å²) in [5, 5.41) is 5.61. The molecule has 0 bridgehead atoms. The highest BCUT2D eigenvalue weighted by atomic mass is 35.5. The predicted molar refractivity (Wildman–Crippen MR) is 112 cm³/mol. The molecular weight excluding hydrogens is 416 g/mol. The number of hydrogen-bond donors (Lipinski definition) is 2. The molecule has 1 atom stereocenters. The summed E-state index contributed by atoms with van der Waals surface area (Å²) in [5.41, 5.74) is 0. The summed E-state index contributed by atoms with van der Waals surface area (Å²) < 4.78 is 27.5. The maximum atomic E-state index is 13.0. The summed E-state index contributed by atoms with van der Waals surface area (Å²) in [6.45, 7) is 1.69. The largest absolute Gasteiger partial charge is 0.348 e. The fourth-order valence-electron chi connectivity index (χ4n) is 3.23. The number of hydrogen-bond acceptors (Lipinski definition) is 5. The van der Waals surface area contributed by atoms with Crippen molar-refractivity contribution in [2.24, 2.45) is 0 Å². The van der Waals surface area contributed by atoms with Crippen molar-refractivity contribution >= 4 is 33.4 Å². The Hall–Kier alpha value is -1.68. The predicted octanol–water partition coefficient (Wildman–Crippen LogP) is 1.07. The van der Waals surface area contributed by atoms with Gasteiger partial charge in [-0.05, 0) is 57.6 Å². The van der Waals surface area contributed by atoms with Gasteiger partial charge in [0.1, 0.15) is 0 Å². The standard InChI is InChI=1S/C19H29ClN4O4S/c1-23(2)14-12-22-19(26)18(25)21-11-10-16-5-3-4-13-24(16)29(27,28)17-8-6-15(20)7-9-17/h6-9,16H,3-5,10-14H2,1-2H3,(H,21,25)(H,22,26)/t16-/m1/s1. The number of nitrogens with one attached hydrogen (secondary N) is 2. The Morgan fingerprint density at radius 1 is 1.10 bits per heavy atom. The molecule has 0 aliphatic carbocycles. The maximum absolute atomic E-state index is 13.0. The molecule has 2 rings (SSSR count). The monoisotopic (exact) mass is 444 g/mol. The Balaban J connectivity index is 1.90. The first-order valence-corrected chi connectivity index (χ1v) is 11.5. The summed E-state index contributed by atoms with van der Waals surface area (Å²) in [6, 6.07) is 5.90. The summed E-state index contributed by atoms with van der Waals surface area (Å²) in [6.07, 6.45) is 2.89. The number of piperidine rings is 1. The van der Waals surface area contributed by atoms with Gasteiger partial charge in [0.2, 0.25) is 10.0 Å². The lowest BCUT2D eigenvalue weighted by molar-refractivity contribution is -0.139. The Morgan fingerprint density at radius 2 is 1.72 bits per heavy atom. The smallest absolute Gasteiger partial charge is 0.309 e. The lowest BCUT2D eigenvalue weighted by Crippen LogP contribution is -2.46. The summed E-state index contributed by atoms with van der Waals surface area (Å²) in [7, 11) is 0.113. The summed E-state index contributed by atoms with van der Waals surface area (Å²) in [5.74, 6) is -1.38. The number of carbonyl (C=O) groups excluding carboxylic acids is 2. The van der Waals surface area contributed by atoms with Gasteiger partial charge in [-0.1, -0.05) is 18.0 Å². The van der Waals surface area contributed by atoms with Crippen LogP contribution in [-0.4, -0.2) is 75.8 Å². The highest BCUT2D eigenvalue weighted by Crippen LogP contribution is 2.27. The van der Waals surface area contributed by atoms with Crippen molar-refractivity contribution in [1.29, 1.82) is 0 Å². The molecule has 1 saturated heterocycles. The van der Waals surface area contributed by atoms with Crippen LogP contribution in [0.4, 0.5) is 0 Å². The van der Waals surface area contributed by atoms with Crippen molar-refractivity contribution < 1.29 is 18.0 Å². The second-order valence-electron chi connectivity index (χ2n) is 7.32. The maximum Gasteiger partial charge on any atom is 0.309 e. The Labute approximate surface area is 177 Å². The zero-order chi connectivity index (χ0) is 21.4. The van der Waals surface area contributed by atoms with Gasteiger partial charge in [0, 0.05) is 37.2 Å². The molecular formula is C19H29ClN4O4S. The second kappa shape index (κ2) is 10.9. The summed E-state index contributed by atoms with van der Waals surface area (Å²) >= 11 is 5.86. The molecule has 1 fully saturated rings. The van der Waals surface area contributed by atoms with E-state index in [4.69, 9.17) is 11.6 Å². The number of halogens is 1. The molecule has 162 valence electrons. The summed E-state index contributed by atoms with van der Waals surface area (Å²) in [4.78, 5) is 25.8. The van der Waals surface area contributed by atoms with Gasteiger partial charge in [0.05, 0.1) is 4.90 Å². The molecule has 10 heteroatoms. The zero-order valence-corrected chi connectivity index (χ0v) is 18.4. The van der Waals surface area contributed by atoms with Gasteiger partial charge in [-0.2, -0.15) is 4.31 Å². The van der Waals surface area contributed by atoms with Gasteiger partial charge in [-0.25, -0.2) is 8.42 Å². The van der Waals surface area contributed by atoms with Crippen LogP contribution in [0.5, 0.6) is 0 Å². The zero-order valence-electron chi connectivity index (χ0n) is 16.9. The van der Waals surface area contributed by atoms with Crippen LogP contribution in [0.2, 0.25) is 5.02 Å². The van der Waals surface area contributed by atoms with Gasteiger partial charge in [0.25, 0.3) is 0 Å². The molecule has 0 saturated carbocycles. The number of sulfonamides is 1. The molecule has 1 aliphatic heterocycles. The van der Waals surface area contributed by atoms with Gasteiger partial charge in [-0.3, -0.25) is 9.59 Å². The molecule has 8 nitrogen and oxygen atoms in total. The van der Waals surface area contributed by atoms with Gasteiger partial charge in [0.15, 0.2) is 0 Å². The van der Waals surface area contributed by atoms with Gasteiger partial charge < -0.3 is 15.5 Å². The highest BCUT2D eigenvalue weighted by Gasteiger charge is 2.33. The van der Waals surface area contributed by atoms with Crippen LogP contribution < -0.4 is 10.6 Å². The van der Waals surface area contributed by atoms with E-state index >= 15 is 0 Å². The first-order valence-electron chi connectivity index (χ1n) is 9.70. The van der Waals surface area contributed by atoms with Gasteiger partial charge in [-0.15, -0.1) is 0 Å². The van der Waals surface area contributed by atoms with Crippen molar-refractivity contribution in [1.82, 2.24) is 19.8 Å². The van der Waals surface area contributed by atoms with Crippen molar-refractivity contribution in [3.05, 3.63) is 29.3 Å². The highest BCUT2D eigenvalue weighted by molar-refractivity contribution is 7.89. The average molecular weight is 445 g/mol. The van der Waals surface area contributed by atoms with E-state index in [0.29, 0.717) is 31.1 Å². The molecule has 1 aromatic carbocycles. The van der Waals surface area contributed by atoms with Crippen molar-refractivity contribution in [2.45, 2.75) is 36.6 Å². The third-order valence-corrected chi connectivity index (χ3v) is 7.03. The van der Waals surface area contributed by atoms with E-state index in [2.05, 4.69) is 10.6 Å². The minimum Gasteiger partial charge on any atom is -0.348 e. The van der Waals surface area contributed by atoms with Crippen LogP contribution in [0.3, 0.4) is 0 Å². The van der Waals surface area contributed by atoms with Crippen LogP contribution in [0.1, 0.15) is 25.7 Å². The van der Waals surface area contributed by atoms with E-state index in [9.17, 15) is 18.0 Å². The van der Waals surface area contributed by atoms with E-state index in [-0.39, 0.29) is 17.5 Å². The SMILES string of the molecule is CN(C)CCNC(=O)C(=O)NCC[C@H]1CCCCN1S(=O)(=O)c1ccc(Cl)cc1. The number of nitrogens with zero attached hydrogens (tertiary/aromatic N) is 2. The number of likely N-dealkylation sites (N-methyl/N-ethyl adjacent to an activating group) is 1. The molecule has 0 spiro atoms. The van der Waals surface area contributed by atoms with E-state index in [1.165, 1.54) is 16.4 Å². The van der Waals surface area contributed by atoms with Gasteiger partial charge >= 0.3 is 11.8 Å². The van der Waals surface area contributed by atoms with Crippen LogP contribution in [0, 0.1) is 0 Å². The molecule has 1 aromatic rings. The molecule has 0 aromatic heterocycles. The first-order chi connectivity index (χ1) is 13.7. The minimum absolute atomic E-state index is 0.207. The van der Waals surface area contributed by atoms with Crippen molar-refractivity contribution in [3.8, 4) is 0 Å². The lowest BCUT2D eigenvalue weighted by Gasteiger charge is -2.34. The second-order valence-corrected chi connectivity index (χ2v) is 9.65. The van der Waals surface area contributed by atoms with Crippen LogP contribution in [0.25, 0.3) is 0 Å². The normalized spacial score (nSPS) is 17.9. The number of amides is 2. The number of benzene rings is 1. The number of rotatable bonds is 8. The molecule has 0 unspecified atom stereocenters. The minimum atomic E-state index is -3.64. The fourth-order valence-corrected chi connectivity index (χ4v) is 5.08. The van der Waals surface area contributed by atoms with Crippen LogP contribution in [0.15, 0.2) is 29.2 Å². The Bertz CT molecular complexity index is 799. The van der Waals surface area contributed by atoms with E-state index in [1.54, 1.807) is 12.1 Å². The van der Waals surface area contributed by atoms with Crippen LogP contribution >= 0.6 is 11.6 Å². The number of carbonyl (C=O) groups is 2.